The number of anilines is 1. The van der Waals surface area contributed by atoms with E-state index in [0.29, 0.717) is 5.82 Å². The summed E-state index contributed by atoms with van der Waals surface area (Å²) in [7, 11) is 0. The van der Waals surface area contributed by atoms with Gasteiger partial charge in [-0.1, -0.05) is 18.0 Å². The lowest BCUT2D eigenvalue weighted by atomic mass is 9.85. The van der Waals surface area contributed by atoms with Crippen LogP contribution in [0, 0.1) is 17.2 Å². The van der Waals surface area contributed by atoms with Gasteiger partial charge >= 0.3 is 0 Å². The van der Waals surface area contributed by atoms with Crippen molar-refractivity contribution in [2.24, 2.45) is 5.92 Å². The van der Waals surface area contributed by atoms with E-state index in [2.05, 4.69) is 15.3 Å². The Kier molecular flexibility index (Phi) is 3.02. The number of aromatic nitrogens is 2. The normalized spacial score (nSPS) is 15.5. The van der Waals surface area contributed by atoms with Crippen molar-refractivity contribution in [2.45, 2.75) is 19.3 Å². The van der Waals surface area contributed by atoms with Crippen LogP contribution in [0.25, 0.3) is 0 Å². The lowest BCUT2D eigenvalue weighted by molar-refractivity contribution is 0.333. The Bertz CT molecular complexity index is 395. The number of rotatable bonds is 3. The fourth-order valence-electron chi connectivity index (χ4n) is 1.47. The third-order valence-electron chi connectivity index (χ3n) is 2.63. The first kappa shape index (κ1) is 10.2. The Morgan fingerprint density at radius 2 is 2.40 bits per heavy atom. The van der Waals surface area contributed by atoms with E-state index in [9.17, 15) is 0 Å². The third kappa shape index (κ3) is 2.37. The fourth-order valence-corrected chi connectivity index (χ4v) is 1.65. The van der Waals surface area contributed by atoms with Gasteiger partial charge in [0.05, 0.1) is 6.20 Å². The van der Waals surface area contributed by atoms with Crippen LogP contribution in [0.5, 0.6) is 0 Å². The average molecular weight is 223 g/mol. The first-order valence-corrected chi connectivity index (χ1v) is 5.34. The standard InChI is InChI=1S/C10H11ClN4/c11-10-8(4-12)13-6-9(15-10)14-5-7-2-1-3-7/h6-7H,1-3,5H2,(H,14,15). The number of nitrogens with zero attached hydrogens (tertiary/aromatic N) is 3. The van der Waals surface area contributed by atoms with Gasteiger partial charge in [-0.05, 0) is 18.8 Å². The molecule has 0 atom stereocenters. The zero-order valence-electron chi connectivity index (χ0n) is 8.20. The van der Waals surface area contributed by atoms with Crippen LogP contribution in [-0.2, 0) is 0 Å². The van der Waals surface area contributed by atoms with Crippen LogP contribution >= 0.6 is 11.6 Å². The summed E-state index contributed by atoms with van der Waals surface area (Å²) in [4.78, 5) is 7.94. The molecule has 1 fully saturated rings. The van der Waals surface area contributed by atoms with Gasteiger partial charge in [0.2, 0.25) is 0 Å². The van der Waals surface area contributed by atoms with Crippen LogP contribution in [0.15, 0.2) is 6.20 Å². The van der Waals surface area contributed by atoms with Gasteiger partial charge in [-0.2, -0.15) is 5.26 Å². The first-order chi connectivity index (χ1) is 7.29. The molecule has 1 aromatic heterocycles. The highest BCUT2D eigenvalue weighted by Gasteiger charge is 2.17. The minimum atomic E-state index is 0.163. The van der Waals surface area contributed by atoms with Gasteiger partial charge in [0.25, 0.3) is 0 Å². The molecule has 78 valence electrons. The second-order valence-electron chi connectivity index (χ2n) is 3.68. The van der Waals surface area contributed by atoms with E-state index in [1.807, 2.05) is 6.07 Å². The Balaban J connectivity index is 1.97. The molecule has 1 N–H and O–H groups in total. The molecule has 15 heavy (non-hydrogen) atoms. The van der Waals surface area contributed by atoms with E-state index in [1.54, 1.807) is 6.20 Å². The number of halogens is 1. The first-order valence-electron chi connectivity index (χ1n) is 4.96. The molecule has 1 heterocycles. The summed E-state index contributed by atoms with van der Waals surface area (Å²) in [5, 5.41) is 12.0. The average Bonchev–Trinajstić information content (AvgIpc) is 2.16. The molecule has 1 aliphatic carbocycles. The lowest BCUT2D eigenvalue weighted by Gasteiger charge is -2.25. The van der Waals surface area contributed by atoms with E-state index in [4.69, 9.17) is 16.9 Å². The summed E-state index contributed by atoms with van der Waals surface area (Å²) in [5.74, 6) is 1.40. The van der Waals surface area contributed by atoms with E-state index < -0.39 is 0 Å². The SMILES string of the molecule is N#Cc1ncc(NCC2CCC2)nc1Cl. The fraction of sp³-hybridized carbons (Fsp3) is 0.500. The lowest BCUT2D eigenvalue weighted by Crippen LogP contribution is -2.21. The zero-order chi connectivity index (χ0) is 10.7. The maximum Gasteiger partial charge on any atom is 0.178 e. The van der Waals surface area contributed by atoms with Gasteiger partial charge in [-0.25, -0.2) is 9.97 Å². The Morgan fingerprint density at radius 3 is 2.93 bits per heavy atom. The van der Waals surface area contributed by atoms with Crippen LogP contribution in [0.1, 0.15) is 25.0 Å². The molecule has 1 saturated carbocycles. The molecule has 5 heteroatoms. The Labute approximate surface area is 93.3 Å². The second-order valence-corrected chi connectivity index (χ2v) is 4.04. The maximum absolute atomic E-state index is 8.62. The Morgan fingerprint density at radius 1 is 1.60 bits per heavy atom. The summed E-state index contributed by atoms with van der Waals surface area (Å²) < 4.78 is 0. The number of hydrogen-bond acceptors (Lipinski definition) is 4. The highest BCUT2D eigenvalue weighted by Crippen LogP contribution is 2.26. The highest BCUT2D eigenvalue weighted by molar-refractivity contribution is 6.30. The van der Waals surface area contributed by atoms with Crippen LogP contribution in [0.3, 0.4) is 0 Å². The van der Waals surface area contributed by atoms with Gasteiger partial charge in [0.1, 0.15) is 11.9 Å². The molecule has 0 aliphatic heterocycles. The van der Waals surface area contributed by atoms with E-state index in [1.165, 1.54) is 19.3 Å². The van der Waals surface area contributed by atoms with Crippen LogP contribution in [-0.4, -0.2) is 16.5 Å². The molecule has 0 spiro atoms. The second kappa shape index (κ2) is 4.45. The predicted octanol–water partition coefficient (Wildman–Crippen LogP) is 2.21. The number of nitrogens with one attached hydrogen (secondary N) is 1. The molecular formula is C10H11ClN4. The van der Waals surface area contributed by atoms with Crippen molar-refractivity contribution in [1.29, 1.82) is 5.26 Å². The van der Waals surface area contributed by atoms with Gasteiger partial charge < -0.3 is 5.32 Å². The minimum absolute atomic E-state index is 0.163. The topological polar surface area (TPSA) is 61.6 Å². The smallest absolute Gasteiger partial charge is 0.178 e. The summed E-state index contributed by atoms with van der Waals surface area (Å²) >= 11 is 5.76. The highest BCUT2D eigenvalue weighted by atomic mass is 35.5. The number of nitriles is 1. The quantitative estimate of drug-likeness (QED) is 0.852. The third-order valence-corrected chi connectivity index (χ3v) is 2.90. The summed E-state index contributed by atoms with van der Waals surface area (Å²) in [6.45, 7) is 0.914. The van der Waals surface area contributed by atoms with Crippen molar-refractivity contribution in [1.82, 2.24) is 9.97 Å². The van der Waals surface area contributed by atoms with Crippen molar-refractivity contribution in [3.05, 3.63) is 17.0 Å². The molecule has 0 aromatic carbocycles. The molecular weight excluding hydrogens is 212 g/mol. The van der Waals surface area contributed by atoms with Gasteiger partial charge in [-0.15, -0.1) is 0 Å². The largest absolute Gasteiger partial charge is 0.368 e. The molecule has 0 radical (unpaired) electrons. The monoisotopic (exact) mass is 222 g/mol. The summed E-state index contributed by atoms with van der Waals surface area (Å²) in [5.41, 5.74) is 0.172. The minimum Gasteiger partial charge on any atom is -0.368 e. The van der Waals surface area contributed by atoms with Crippen LogP contribution in [0.2, 0.25) is 5.15 Å². The van der Waals surface area contributed by atoms with Gasteiger partial charge in [0, 0.05) is 6.54 Å². The van der Waals surface area contributed by atoms with E-state index in [-0.39, 0.29) is 10.8 Å². The predicted molar refractivity (Wildman–Crippen MR) is 57.6 cm³/mol. The maximum atomic E-state index is 8.62. The van der Waals surface area contributed by atoms with Gasteiger partial charge in [0.15, 0.2) is 10.8 Å². The Hall–Kier alpha value is -1.34. The molecule has 1 aliphatic rings. The van der Waals surface area contributed by atoms with Crippen molar-refractivity contribution >= 4 is 17.4 Å². The van der Waals surface area contributed by atoms with Crippen molar-refractivity contribution in [3.63, 3.8) is 0 Å². The summed E-state index contributed by atoms with van der Waals surface area (Å²) in [6.07, 6.45) is 5.43. The molecule has 2 rings (SSSR count). The molecule has 0 bridgehead atoms. The molecule has 0 unspecified atom stereocenters. The number of hydrogen-bond donors (Lipinski definition) is 1. The van der Waals surface area contributed by atoms with Crippen LogP contribution in [0.4, 0.5) is 5.82 Å². The molecule has 4 nitrogen and oxygen atoms in total. The molecule has 1 aromatic rings. The van der Waals surface area contributed by atoms with Crippen molar-refractivity contribution in [2.75, 3.05) is 11.9 Å². The van der Waals surface area contributed by atoms with Gasteiger partial charge in [-0.3, -0.25) is 0 Å². The van der Waals surface area contributed by atoms with Crippen molar-refractivity contribution in [3.8, 4) is 6.07 Å². The van der Waals surface area contributed by atoms with E-state index in [0.717, 1.165) is 12.5 Å². The molecule has 0 saturated heterocycles. The zero-order valence-corrected chi connectivity index (χ0v) is 8.96. The van der Waals surface area contributed by atoms with E-state index >= 15 is 0 Å². The summed E-state index contributed by atoms with van der Waals surface area (Å²) in [6, 6.07) is 1.88. The van der Waals surface area contributed by atoms with Crippen molar-refractivity contribution < 1.29 is 0 Å². The molecule has 0 amide bonds. The van der Waals surface area contributed by atoms with Crippen LogP contribution < -0.4 is 5.32 Å².